The molecule has 1 aromatic carbocycles. The van der Waals surface area contributed by atoms with E-state index in [1.807, 2.05) is 0 Å². The smallest absolute Gasteiger partial charge is 0.265 e. The van der Waals surface area contributed by atoms with Crippen LogP contribution in [0, 0.1) is 0 Å². The molecule has 8 heteroatoms. The molecular weight excluding hydrogens is 256 g/mol. The van der Waals surface area contributed by atoms with Crippen molar-refractivity contribution in [3.63, 3.8) is 0 Å². The van der Waals surface area contributed by atoms with Gasteiger partial charge in [-0.3, -0.25) is 9.82 Å². The lowest BCUT2D eigenvalue weighted by Crippen LogP contribution is -2.13. The van der Waals surface area contributed by atoms with Crippen LogP contribution in [-0.4, -0.2) is 25.7 Å². The summed E-state index contributed by atoms with van der Waals surface area (Å²) >= 11 is 0. The van der Waals surface area contributed by atoms with Crippen molar-refractivity contribution in [2.75, 3.05) is 17.6 Å². The summed E-state index contributed by atoms with van der Waals surface area (Å²) in [5, 5.41) is 6.02. The zero-order valence-corrected chi connectivity index (χ0v) is 10.4. The van der Waals surface area contributed by atoms with Crippen LogP contribution in [0.15, 0.2) is 35.5 Å². The van der Waals surface area contributed by atoms with Gasteiger partial charge in [0.15, 0.2) is 0 Å². The Kier molecular flexibility index (Phi) is 3.11. The second-order valence-corrected chi connectivity index (χ2v) is 5.18. The Hall–Kier alpha value is -2.22. The van der Waals surface area contributed by atoms with Crippen molar-refractivity contribution in [1.29, 1.82) is 0 Å². The van der Waals surface area contributed by atoms with Gasteiger partial charge in [0.05, 0.1) is 24.7 Å². The van der Waals surface area contributed by atoms with Gasteiger partial charge < -0.3 is 10.5 Å². The van der Waals surface area contributed by atoms with Gasteiger partial charge in [-0.05, 0) is 12.1 Å². The van der Waals surface area contributed by atoms with Crippen LogP contribution >= 0.6 is 0 Å². The highest BCUT2D eigenvalue weighted by atomic mass is 32.2. The van der Waals surface area contributed by atoms with E-state index in [9.17, 15) is 8.42 Å². The molecule has 2 rings (SSSR count). The maximum atomic E-state index is 11.9. The maximum Gasteiger partial charge on any atom is 0.265 e. The summed E-state index contributed by atoms with van der Waals surface area (Å²) in [4.78, 5) is 0.0396. The molecule has 0 aliphatic heterocycles. The van der Waals surface area contributed by atoms with E-state index in [1.54, 1.807) is 6.07 Å². The molecule has 0 amide bonds. The third kappa shape index (κ3) is 2.38. The van der Waals surface area contributed by atoms with E-state index in [1.165, 1.54) is 31.6 Å². The van der Waals surface area contributed by atoms with Crippen molar-refractivity contribution in [3.05, 3.63) is 30.6 Å². The highest BCUT2D eigenvalue weighted by Crippen LogP contribution is 2.26. The Balaban J connectivity index is 2.30. The second kappa shape index (κ2) is 4.57. The third-order valence-corrected chi connectivity index (χ3v) is 3.62. The first-order chi connectivity index (χ1) is 8.53. The number of nitrogen functional groups attached to an aromatic ring is 1. The lowest BCUT2D eigenvalue weighted by molar-refractivity contribution is 0.415. The van der Waals surface area contributed by atoms with Crippen LogP contribution in [0.25, 0.3) is 0 Å². The van der Waals surface area contributed by atoms with Crippen LogP contribution in [0.3, 0.4) is 0 Å². The molecule has 0 fully saturated rings. The zero-order valence-electron chi connectivity index (χ0n) is 9.54. The molecule has 0 radical (unpaired) electrons. The zero-order chi connectivity index (χ0) is 13.2. The van der Waals surface area contributed by atoms with E-state index >= 15 is 0 Å². The van der Waals surface area contributed by atoms with Crippen LogP contribution in [0.5, 0.6) is 5.75 Å². The van der Waals surface area contributed by atoms with Gasteiger partial charge in [-0.25, -0.2) is 8.42 Å². The van der Waals surface area contributed by atoms with Gasteiger partial charge in [0.25, 0.3) is 10.0 Å². The number of methoxy groups -OCH3 is 1. The Morgan fingerprint density at radius 1 is 1.44 bits per heavy atom. The van der Waals surface area contributed by atoms with Crippen LogP contribution in [-0.2, 0) is 10.0 Å². The number of H-pyrrole nitrogens is 1. The molecule has 0 atom stereocenters. The fourth-order valence-corrected chi connectivity index (χ4v) is 2.34. The average Bonchev–Trinajstić information content (AvgIpc) is 2.86. The van der Waals surface area contributed by atoms with Crippen molar-refractivity contribution in [1.82, 2.24) is 10.2 Å². The molecule has 0 saturated heterocycles. The molecule has 0 bridgehead atoms. The molecule has 18 heavy (non-hydrogen) atoms. The van der Waals surface area contributed by atoms with Gasteiger partial charge in [0.1, 0.15) is 10.6 Å². The molecule has 0 unspecified atom stereocenters. The molecule has 1 aromatic heterocycles. The van der Waals surface area contributed by atoms with E-state index in [4.69, 9.17) is 10.5 Å². The number of rotatable bonds is 4. The minimum atomic E-state index is -3.68. The fourth-order valence-electron chi connectivity index (χ4n) is 1.35. The predicted octanol–water partition coefficient (Wildman–Crippen LogP) is 0.801. The lowest BCUT2D eigenvalue weighted by Gasteiger charge is -2.10. The van der Waals surface area contributed by atoms with Gasteiger partial charge in [0.2, 0.25) is 0 Å². The minimum absolute atomic E-state index is 0.0396. The van der Waals surface area contributed by atoms with Crippen molar-refractivity contribution >= 4 is 21.4 Å². The van der Waals surface area contributed by atoms with Gasteiger partial charge in [0, 0.05) is 12.3 Å². The average molecular weight is 268 g/mol. The summed E-state index contributed by atoms with van der Waals surface area (Å²) in [5.74, 6) is 0.554. The second-order valence-electron chi connectivity index (χ2n) is 3.49. The van der Waals surface area contributed by atoms with Gasteiger partial charge in [-0.1, -0.05) is 0 Å². The molecule has 96 valence electrons. The minimum Gasteiger partial charge on any atom is -0.497 e. The van der Waals surface area contributed by atoms with E-state index < -0.39 is 10.0 Å². The van der Waals surface area contributed by atoms with Gasteiger partial charge in [-0.2, -0.15) is 5.10 Å². The van der Waals surface area contributed by atoms with Crippen molar-refractivity contribution < 1.29 is 13.2 Å². The van der Waals surface area contributed by atoms with Crippen LogP contribution in [0.4, 0.5) is 11.4 Å². The summed E-state index contributed by atoms with van der Waals surface area (Å²) in [6, 6.07) is 4.68. The van der Waals surface area contributed by atoms with Gasteiger partial charge >= 0.3 is 0 Å². The van der Waals surface area contributed by atoms with Crippen LogP contribution < -0.4 is 15.2 Å². The highest BCUT2D eigenvalue weighted by Gasteiger charge is 2.16. The number of aromatic amines is 1. The monoisotopic (exact) mass is 268 g/mol. The predicted molar refractivity (Wildman–Crippen MR) is 66.8 cm³/mol. The topological polar surface area (TPSA) is 110 Å². The van der Waals surface area contributed by atoms with Crippen molar-refractivity contribution in [2.45, 2.75) is 4.90 Å². The SMILES string of the molecule is COc1ccc(NS(=O)(=O)c2cn[nH]c2)c(N)c1. The van der Waals surface area contributed by atoms with Gasteiger partial charge in [-0.15, -0.1) is 0 Å². The molecule has 4 N–H and O–H groups in total. The molecule has 7 nitrogen and oxygen atoms in total. The summed E-state index contributed by atoms with van der Waals surface area (Å²) in [6.45, 7) is 0. The normalized spacial score (nSPS) is 11.2. The van der Waals surface area contributed by atoms with Crippen molar-refractivity contribution in [3.8, 4) is 5.75 Å². The van der Waals surface area contributed by atoms with E-state index in [0.29, 0.717) is 5.75 Å². The first-order valence-electron chi connectivity index (χ1n) is 4.98. The number of hydrogen-bond acceptors (Lipinski definition) is 5. The first kappa shape index (κ1) is 12.2. The largest absolute Gasteiger partial charge is 0.497 e. The maximum absolute atomic E-state index is 11.9. The van der Waals surface area contributed by atoms with Crippen LogP contribution in [0.2, 0.25) is 0 Å². The molecule has 1 heterocycles. The molecule has 0 spiro atoms. The molecule has 0 aliphatic carbocycles. The highest BCUT2D eigenvalue weighted by molar-refractivity contribution is 7.92. The van der Waals surface area contributed by atoms with E-state index in [2.05, 4.69) is 14.9 Å². The molecular formula is C10H12N4O3S. The van der Waals surface area contributed by atoms with E-state index in [0.717, 1.165) is 0 Å². The summed E-state index contributed by atoms with van der Waals surface area (Å²) < 4.78 is 31.2. The van der Waals surface area contributed by atoms with Crippen molar-refractivity contribution in [2.24, 2.45) is 0 Å². The van der Waals surface area contributed by atoms with Crippen LogP contribution in [0.1, 0.15) is 0 Å². The number of aromatic nitrogens is 2. The summed E-state index contributed by atoms with van der Waals surface area (Å²) in [5.41, 5.74) is 6.30. The first-order valence-corrected chi connectivity index (χ1v) is 6.46. The molecule has 0 saturated carbocycles. The number of nitrogens with zero attached hydrogens (tertiary/aromatic N) is 1. The molecule has 2 aromatic rings. The van der Waals surface area contributed by atoms with E-state index in [-0.39, 0.29) is 16.3 Å². The number of anilines is 2. The number of benzene rings is 1. The lowest BCUT2D eigenvalue weighted by atomic mass is 10.2. The Labute approximate surface area is 104 Å². The Bertz CT molecular complexity index is 637. The Morgan fingerprint density at radius 2 is 2.22 bits per heavy atom. The number of sulfonamides is 1. The Morgan fingerprint density at radius 3 is 2.78 bits per heavy atom. The standard InChI is InChI=1S/C10H12N4O3S/c1-17-7-2-3-10(9(11)4-7)14-18(15,16)8-5-12-13-6-8/h2-6,14H,11H2,1H3,(H,12,13). The summed E-state index contributed by atoms with van der Waals surface area (Å²) in [6.07, 6.45) is 2.49. The third-order valence-electron chi connectivity index (χ3n) is 2.29. The molecule has 0 aliphatic rings. The summed E-state index contributed by atoms with van der Waals surface area (Å²) in [7, 11) is -2.17. The fraction of sp³-hybridized carbons (Fsp3) is 0.100. The number of hydrogen-bond donors (Lipinski definition) is 3. The number of nitrogens with two attached hydrogens (primary N) is 1. The number of nitrogens with one attached hydrogen (secondary N) is 2. The number of ether oxygens (including phenoxy) is 1. The quantitative estimate of drug-likeness (QED) is 0.710.